The number of halogens is 2. The maximum absolute atomic E-state index is 12.6. The molecule has 1 fully saturated rings. The van der Waals surface area contributed by atoms with Crippen molar-refractivity contribution in [2.75, 3.05) is 41.0 Å². The summed E-state index contributed by atoms with van der Waals surface area (Å²) in [5.74, 6) is 1.08. The average Bonchev–Trinajstić information content (AvgIpc) is 3.18. The van der Waals surface area contributed by atoms with Gasteiger partial charge in [0.2, 0.25) is 0 Å². The first-order valence-electron chi connectivity index (χ1n) is 10.1. The Kier molecular flexibility index (Phi) is 9.44. The molecule has 1 aliphatic rings. The molecule has 0 bridgehead atoms. The molecule has 1 aliphatic carbocycles. The first-order valence-corrected chi connectivity index (χ1v) is 10.1. The van der Waals surface area contributed by atoms with Crippen LogP contribution in [0.25, 0.3) is 0 Å². The Balaban J connectivity index is 1.85. The Labute approximate surface area is 172 Å². The Bertz CT molecular complexity index is 650. The average molecular weight is 414 g/mol. The standard InChI is InChI=1S/C21H33F2N3O3/c1-24-20(26-15-21(11-13-27-2)9-4-5-10-21)25-12-8-16-6-7-17(28-3)18(14-16)29-19(22)23/h6-7,14,19H,4-5,8-13,15H2,1-3H3,(H2,24,25,26). The number of benzene rings is 1. The van der Waals surface area contributed by atoms with Gasteiger partial charge in [0, 0.05) is 33.9 Å². The molecule has 164 valence electrons. The zero-order chi connectivity index (χ0) is 21.1. The van der Waals surface area contributed by atoms with E-state index in [-0.39, 0.29) is 16.9 Å². The number of nitrogens with zero attached hydrogens (tertiary/aromatic N) is 1. The molecular formula is C21H33F2N3O3. The fourth-order valence-electron chi connectivity index (χ4n) is 3.84. The predicted molar refractivity (Wildman–Crippen MR) is 110 cm³/mol. The number of nitrogens with one attached hydrogen (secondary N) is 2. The van der Waals surface area contributed by atoms with E-state index >= 15 is 0 Å². The molecule has 0 aromatic heterocycles. The Morgan fingerprint density at radius 1 is 1.17 bits per heavy atom. The summed E-state index contributed by atoms with van der Waals surface area (Å²) in [7, 11) is 4.91. The van der Waals surface area contributed by atoms with Crippen molar-refractivity contribution in [2.45, 2.75) is 45.1 Å². The van der Waals surface area contributed by atoms with Gasteiger partial charge >= 0.3 is 6.61 Å². The molecule has 0 spiro atoms. The lowest BCUT2D eigenvalue weighted by molar-refractivity contribution is -0.0512. The van der Waals surface area contributed by atoms with Gasteiger partial charge in [-0.25, -0.2) is 0 Å². The topological polar surface area (TPSA) is 64.1 Å². The minimum atomic E-state index is -2.89. The maximum atomic E-state index is 12.6. The van der Waals surface area contributed by atoms with Gasteiger partial charge in [-0.15, -0.1) is 0 Å². The molecule has 2 rings (SSSR count). The van der Waals surface area contributed by atoms with Gasteiger partial charge in [-0.05, 0) is 48.8 Å². The number of aliphatic imine (C=N–C) groups is 1. The molecule has 2 N–H and O–H groups in total. The molecule has 6 nitrogen and oxygen atoms in total. The van der Waals surface area contributed by atoms with Crippen LogP contribution in [-0.4, -0.2) is 53.5 Å². The predicted octanol–water partition coefficient (Wildman–Crippen LogP) is 3.60. The van der Waals surface area contributed by atoms with Crippen molar-refractivity contribution in [3.05, 3.63) is 23.8 Å². The van der Waals surface area contributed by atoms with Crippen molar-refractivity contribution in [1.82, 2.24) is 10.6 Å². The van der Waals surface area contributed by atoms with Crippen LogP contribution < -0.4 is 20.1 Å². The van der Waals surface area contributed by atoms with E-state index in [9.17, 15) is 8.78 Å². The summed E-state index contributed by atoms with van der Waals surface area (Å²) in [6, 6.07) is 5.06. The highest BCUT2D eigenvalue weighted by molar-refractivity contribution is 5.79. The van der Waals surface area contributed by atoms with Crippen LogP contribution in [0.15, 0.2) is 23.2 Å². The lowest BCUT2D eigenvalue weighted by atomic mass is 9.83. The van der Waals surface area contributed by atoms with Crippen molar-refractivity contribution in [3.8, 4) is 11.5 Å². The van der Waals surface area contributed by atoms with E-state index in [2.05, 4.69) is 20.4 Å². The largest absolute Gasteiger partial charge is 0.493 e. The molecular weight excluding hydrogens is 380 g/mol. The van der Waals surface area contributed by atoms with E-state index in [1.807, 2.05) is 6.07 Å². The highest BCUT2D eigenvalue weighted by Gasteiger charge is 2.33. The molecule has 0 unspecified atom stereocenters. The summed E-state index contributed by atoms with van der Waals surface area (Å²) in [5, 5.41) is 6.73. The van der Waals surface area contributed by atoms with Crippen LogP contribution in [0, 0.1) is 5.41 Å². The second kappa shape index (κ2) is 11.8. The van der Waals surface area contributed by atoms with Crippen molar-refractivity contribution in [1.29, 1.82) is 0 Å². The zero-order valence-electron chi connectivity index (χ0n) is 17.6. The van der Waals surface area contributed by atoms with Crippen LogP contribution in [0.4, 0.5) is 8.78 Å². The number of hydrogen-bond donors (Lipinski definition) is 2. The minimum absolute atomic E-state index is 0.0452. The first-order chi connectivity index (χ1) is 14.0. The minimum Gasteiger partial charge on any atom is -0.493 e. The van der Waals surface area contributed by atoms with E-state index < -0.39 is 6.61 Å². The van der Waals surface area contributed by atoms with Crippen molar-refractivity contribution < 1.29 is 23.0 Å². The summed E-state index contributed by atoms with van der Waals surface area (Å²) < 4.78 is 40.0. The summed E-state index contributed by atoms with van der Waals surface area (Å²) in [4.78, 5) is 4.30. The second-order valence-corrected chi connectivity index (χ2v) is 7.42. The number of hydrogen-bond acceptors (Lipinski definition) is 4. The van der Waals surface area contributed by atoms with Crippen molar-refractivity contribution >= 4 is 5.96 Å². The van der Waals surface area contributed by atoms with Gasteiger partial charge in [-0.2, -0.15) is 8.78 Å². The van der Waals surface area contributed by atoms with Gasteiger partial charge in [0.05, 0.1) is 7.11 Å². The van der Waals surface area contributed by atoms with Gasteiger partial charge < -0.3 is 24.8 Å². The second-order valence-electron chi connectivity index (χ2n) is 7.42. The van der Waals surface area contributed by atoms with E-state index in [0.29, 0.717) is 13.0 Å². The highest BCUT2D eigenvalue weighted by Crippen LogP contribution is 2.40. The zero-order valence-corrected chi connectivity index (χ0v) is 17.6. The van der Waals surface area contributed by atoms with E-state index in [1.54, 1.807) is 26.3 Å². The SMILES string of the molecule is CN=C(NCCc1ccc(OC)c(OC(F)F)c1)NCC1(CCOC)CCCC1. The van der Waals surface area contributed by atoms with E-state index in [4.69, 9.17) is 9.47 Å². The third-order valence-corrected chi connectivity index (χ3v) is 5.51. The summed E-state index contributed by atoms with van der Waals surface area (Å²) >= 11 is 0. The third kappa shape index (κ3) is 7.34. The molecule has 1 aromatic rings. The molecule has 0 radical (unpaired) electrons. The molecule has 8 heteroatoms. The Hall–Kier alpha value is -2.09. The van der Waals surface area contributed by atoms with Crippen LogP contribution in [-0.2, 0) is 11.2 Å². The van der Waals surface area contributed by atoms with Gasteiger partial charge in [0.15, 0.2) is 17.5 Å². The van der Waals surface area contributed by atoms with Crippen LogP contribution in [0.3, 0.4) is 0 Å². The highest BCUT2D eigenvalue weighted by atomic mass is 19.3. The molecule has 1 saturated carbocycles. The number of guanidine groups is 1. The van der Waals surface area contributed by atoms with Gasteiger partial charge in [-0.3, -0.25) is 4.99 Å². The van der Waals surface area contributed by atoms with Gasteiger partial charge in [0.1, 0.15) is 0 Å². The summed E-state index contributed by atoms with van der Waals surface area (Å²) in [6.45, 7) is -0.633. The van der Waals surface area contributed by atoms with Crippen LogP contribution in [0.5, 0.6) is 11.5 Å². The number of ether oxygens (including phenoxy) is 3. The van der Waals surface area contributed by atoms with E-state index in [1.165, 1.54) is 32.8 Å². The quantitative estimate of drug-likeness (QED) is 0.429. The molecule has 1 aromatic carbocycles. The Morgan fingerprint density at radius 3 is 2.55 bits per heavy atom. The monoisotopic (exact) mass is 413 g/mol. The lowest BCUT2D eigenvalue weighted by Crippen LogP contribution is -2.43. The number of methoxy groups -OCH3 is 2. The van der Waals surface area contributed by atoms with Crippen LogP contribution in [0.2, 0.25) is 0 Å². The van der Waals surface area contributed by atoms with Crippen LogP contribution in [0.1, 0.15) is 37.7 Å². The first kappa shape index (κ1) is 23.2. The molecule has 29 heavy (non-hydrogen) atoms. The lowest BCUT2D eigenvalue weighted by Gasteiger charge is -2.30. The number of alkyl halides is 2. The third-order valence-electron chi connectivity index (χ3n) is 5.51. The normalized spacial score (nSPS) is 16.1. The molecule has 0 atom stereocenters. The molecule has 0 saturated heterocycles. The smallest absolute Gasteiger partial charge is 0.387 e. The summed E-state index contributed by atoms with van der Waals surface area (Å²) in [5.41, 5.74) is 1.14. The maximum Gasteiger partial charge on any atom is 0.387 e. The van der Waals surface area contributed by atoms with Gasteiger partial charge in [-0.1, -0.05) is 18.9 Å². The van der Waals surface area contributed by atoms with Crippen molar-refractivity contribution in [2.24, 2.45) is 10.4 Å². The summed E-state index contributed by atoms with van der Waals surface area (Å²) in [6.07, 6.45) is 6.62. The Morgan fingerprint density at radius 2 is 1.93 bits per heavy atom. The molecule has 0 heterocycles. The number of rotatable bonds is 11. The molecule has 0 amide bonds. The van der Waals surface area contributed by atoms with Crippen LogP contribution >= 0.6 is 0 Å². The van der Waals surface area contributed by atoms with Crippen molar-refractivity contribution in [3.63, 3.8) is 0 Å². The fraction of sp³-hybridized carbons (Fsp3) is 0.667. The fourth-order valence-corrected chi connectivity index (χ4v) is 3.84. The molecule has 0 aliphatic heterocycles. The van der Waals surface area contributed by atoms with Gasteiger partial charge in [0.25, 0.3) is 0 Å². The van der Waals surface area contributed by atoms with E-state index in [0.717, 1.165) is 31.1 Å².